The van der Waals surface area contributed by atoms with Crippen molar-refractivity contribution in [1.82, 2.24) is 0 Å². The second kappa shape index (κ2) is 10.2. The van der Waals surface area contributed by atoms with Gasteiger partial charge in [0.05, 0.1) is 0 Å². The van der Waals surface area contributed by atoms with Gasteiger partial charge in [0, 0.05) is 23.5 Å². The van der Waals surface area contributed by atoms with Crippen LogP contribution in [0.5, 0.6) is 0 Å². The van der Waals surface area contributed by atoms with Gasteiger partial charge in [-0.15, -0.1) is 0 Å². The third kappa shape index (κ3) is 7.09. The van der Waals surface area contributed by atoms with Gasteiger partial charge in [-0.2, -0.15) is 0 Å². The lowest BCUT2D eigenvalue weighted by atomic mass is 10.2. The molecule has 1 nitrogen and oxygen atoms in total. The van der Waals surface area contributed by atoms with Gasteiger partial charge in [-0.1, -0.05) is 64.1 Å². The van der Waals surface area contributed by atoms with Crippen LogP contribution < -0.4 is 0 Å². The van der Waals surface area contributed by atoms with Crippen molar-refractivity contribution in [3.05, 3.63) is 71.5 Å². The van der Waals surface area contributed by atoms with E-state index in [2.05, 4.69) is 0 Å². The molecule has 0 aliphatic heterocycles. The Bertz CT molecular complexity index is 533. The Morgan fingerprint density at radius 3 is 2.36 bits per heavy atom. The van der Waals surface area contributed by atoms with Gasteiger partial charge >= 0.3 is 0 Å². The summed E-state index contributed by atoms with van der Waals surface area (Å²) in [6.45, 7) is 0. The van der Waals surface area contributed by atoms with Crippen molar-refractivity contribution in [3.63, 3.8) is 0 Å². The predicted molar refractivity (Wildman–Crippen MR) is 97.9 cm³/mol. The average Bonchev–Trinajstić information content (AvgIpc) is 2.53. The maximum atomic E-state index is 12.8. The molecule has 22 heavy (non-hydrogen) atoms. The maximum absolute atomic E-state index is 12.8. The van der Waals surface area contributed by atoms with Crippen LogP contribution in [0.2, 0.25) is 0 Å². The lowest BCUT2D eigenvalue weighted by Gasteiger charge is -2.10. The van der Waals surface area contributed by atoms with Crippen molar-refractivity contribution in [3.8, 4) is 0 Å². The Morgan fingerprint density at radius 2 is 1.64 bits per heavy atom. The van der Waals surface area contributed by atoms with E-state index in [0.29, 0.717) is 5.75 Å². The van der Waals surface area contributed by atoms with E-state index in [1.54, 1.807) is 21.6 Å². The zero-order valence-corrected chi connectivity index (χ0v) is 14.7. The summed E-state index contributed by atoms with van der Waals surface area (Å²) in [6, 6.07) is 16.6. The van der Waals surface area contributed by atoms with Gasteiger partial charge in [-0.25, -0.2) is 4.39 Å². The lowest BCUT2D eigenvalue weighted by molar-refractivity contribution is 0.593. The fraction of sp³-hybridized carbons (Fsp3) is 0.294. The summed E-state index contributed by atoms with van der Waals surface area (Å²) in [5.74, 6) is 3.07. The molecule has 5 heteroatoms. The largest absolute Gasteiger partial charge is 0.616 e. The predicted octanol–water partition coefficient (Wildman–Crippen LogP) is 5.05. The van der Waals surface area contributed by atoms with Gasteiger partial charge in [0.2, 0.25) is 0 Å². The van der Waals surface area contributed by atoms with E-state index >= 15 is 0 Å². The van der Waals surface area contributed by atoms with Crippen molar-refractivity contribution in [2.45, 2.75) is 17.9 Å². The van der Waals surface area contributed by atoms with E-state index < -0.39 is 11.2 Å². The minimum atomic E-state index is -0.779. The Labute approximate surface area is 142 Å². The van der Waals surface area contributed by atoms with Crippen LogP contribution in [-0.4, -0.2) is 16.1 Å². The Kier molecular flexibility index (Phi) is 8.23. The van der Waals surface area contributed by atoms with E-state index in [0.717, 1.165) is 34.8 Å². The first-order valence-corrected chi connectivity index (χ1v) is 11.1. The van der Waals surface area contributed by atoms with Crippen LogP contribution in [-0.2, 0) is 22.7 Å². The molecule has 1 unspecified atom stereocenters. The molecule has 0 bridgehead atoms. The summed E-state index contributed by atoms with van der Waals surface area (Å²) in [6.07, 6.45) is 0.959. The average molecular weight is 355 g/mol. The fourth-order valence-corrected chi connectivity index (χ4v) is 5.38. The third-order valence-electron chi connectivity index (χ3n) is 2.99. The van der Waals surface area contributed by atoms with Crippen molar-refractivity contribution in [2.75, 3.05) is 11.5 Å². The summed E-state index contributed by atoms with van der Waals surface area (Å²) in [4.78, 5) is 0. The van der Waals surface area contributed by atoms with Crippen LogP contribution in [0.4, 0.5) is 4.39 Å². The van der Waals surface area contributed by atoms with E-state index in [4.69, 9.17) is 0 Å². The molecule has 2 rings (SSSR count). The monoisotopic (exact) mass is 354 g/mol. The maximum Gasteiger partial charge on any atom is 0.130 e. The molecule has 118 valence electrons. The number of hydrogen-bond acceptors (Lipinski definition) is 3. The van der Waals surface area contributed by atoms with Crippen LogP contribution in [0.25, 0.3) is 0 Å². The van der Waals surface area contributed by atoms with Crippen LogP contribution in [0.3, 0.4) is 0 Å². The van der Waals surface area contributed by atoms with Gasteiger partial charge in [0.15, 0.2) is 0 Å². The molecule has 0 aromatic heterocycles. The summed E-state index contributed by atoms with van der Waals surface area (Å²) in [5, 5.41) is 0. The number of hydrogen-bond donors (Lipinski definition) is 0. The molecular weight excluding hydrogens is 335 g/mol. The molecule has 0 N–H and O–H groups in total. The van der Waals surface area contributed by atoms with Crippen molar-refractivity contribution < 1.29 is 8.94 Å². The Hall–Kier alpha value is -0.620. The topological polar surface area (TPSA) is 23.1 Å². The van der Waals surface area contributed by atoms with Gasteiger partial charge in [0.25, 0.3) is 0 Å². The second-order valence-corrected chi connectivity index (χ2v) is 9.00. The number of benzene rings is 2. The SMILES string of the molecule is [O-][S+](CCCSSCc1ccc(F)cc1)Cc1ccccc1. The van der Waals surface area contributed by atoms with Gasteiger partial charge in [-0.05, 0) is 28.9 Å². The normalized spacial score (nSPS) is 12.3. The molecule has 0 saturated heterocycles. The first-order valence-electron chi connectivity index (χ1n) is 7.12. The van der Waals surface area contributed by atoms with E-state index in [9.17, 15) is 8.94 Å². The summed E-state index contributed by atoms with van der Waals surface area (Å²) in [5.41, 5.74) is 2.27. The van der Waals surface area contributed by atoms with Gasteiger partial charge < -0.3 is 4.55 Å². The van der Waals surface area contributed by atoms with E-state index in [-0.39, 0.29) is 5.82 Å². The van der Waals surface area contributed by atoms with Gasteiger partial charge in [-0.3, -0.25) is 0 Å². The van der Waals surface area contributed by atoms with Crippen LogP contribution in [0.15, 0.2) is 54.6 Å². The molecule has 0 fully saturated rings. The summed E-state index contributed by atoms with van der Waals surface area (Å²) < 4.78 is 24.7. The van der Waals surface area contributed by atoms with Crippen LogP contribution in [0, 0.1) is 5.82 Å². The first kappa shape index (κ1) is 17.7. The highest BCUT2D eigenvalue weighted by Gasteiger charge is 2.07. The smallest absolute Gasteiger partial charge is 0.130 e. The molecule has 0 heterocycles. The zero-order chi connectivity index (χ0) is 15.6. The van der Waals surface area contributed by atoms with Crippen LogP contribution in [0.1, 0.15) is 17.5 Å². The van der Waals surface area contributed by atoms with Crippen LogP contribution >= 0.6 is 21.6 Å². The Balaban J connectivity index is 1.53. The van der Waals surface area contributed by atoms with E-state index in [1.807, 2.05) is 42.5 Å². The quantitative estimate of drug-likeness (QED) is 0.358. The fourth-order valence-electron chi connectivity index (χ4n) is 1.86. The third-order valence-corrected chi connectivity index (χ3v) is 6.82. The molecule has 2 aromatic rings. The van der Waals surface area contributed by atoms with Crippen molar-refractivity contribution in [2.24, 2.45) is 0 Å². The highest BCUT2D eigenvalue weighted by Crippen LogP contribution is 2.26. The highest BCUT2D eigenvalue weighted by atomic mass is 33.1. The standard InChI is InChI=1S/C17H19FOS3/c18-17-9-7-15(8-10-17)13-21-20-11-4-12-22(19)14-16-5-2-1-3-6-16/h1-3,5-10H,4,11-14H2. The lowest BCUT2D eigenvalue weighted by Crippen LogP contribution is -2.09. The zero-order valence-electron chi connectivity index (χ0n) is 12.2. The molecule has 1 atom stereocenters. The van der Waals surface area contributed by atoms with Crippen molar-refractivity contribution >= 4 is 32.8 Å². The first-order chi connectivity index (χ1) is 10.7. The van der Waals surface area contributed by atoms with Crippen molar-refractivity contribution in [1.29, 1.82) is 0 Å². The van der Waals surface area contributed by atoms with Gasteiger partial charge in [0.1, 0.15) is 17.3 Å². The van der Waals surface area contributed by atoms with E-state index in [1.165, 1.54) is 12.1 Å². The number of halogens is 1. The Morgan fingerprint density at radius 1 is 0.909 bits per heavy atom. The minimum Gasteiger partial charge on any atom is -0.616 e. The highest BCUT2D eigenvalue weighted by molar-refractivity contribution is 8.76. The summed E-state index contributed by atoms with van der Waals surface area (Å²) >= 11 is -0.779. The molecule has 2 aromatic carbocycles. The molecule has 0 amide bonds. The molecule has 0 saturated carbocycles. The summed E-state index contributed by atoms with van der Waals surface area (Å²) in [7, 11) is 3.55. The molecule has 0 aliphatic rings. The number of rotatable bonds is 9. The molecule has 0 radical (unpaired) electrons. The minimum absolute atomic E-state index is 0.192. The molecular formula is C17H19FOS3. The second-order valence-electron chi connectivity index (χ2n) is 4.84. The molecule has 0 aliphatic carbocycles. The molecule has 0 spiro atoms.